The number of carbonyl (C=O) groups excluding carboxylic acids is 2. The minimum atomic E-state index is -0.296. The molecule has 0 radical (unpaired) electrons. The number of ketones is 2. The normalized spacial score (nSPS) is 22.8. The van der Waals surface area contributed by atoms with Gasteiger partial charge in [0.2, 0.25) is 5.78 Å². The average molecular weight is 441 g/mol. The summed E-state index contributed by atoms with van der Waals surface area (Å²) in [5, 5.41) is 1.29. The first-order valence-corrected chi connectivity index (χ1v) is 12.5. The zero-order valence-corrected chi connectivity index (χ0v) is 19.0. The molecule has 166 valence electrons. The van der Waals surface area contributed by atoms with Gasteiger partial charge in [0.05, 0.1) is 4.70 Å². The monoisotopic (exact) mass is 440 g/mol. The number of unbranched alkanes of at least 4 members (excludes halogenated alkanes) is 1. The topological polar surface area (TPSA) is 56.8 Å². The molecule has 0 N–H and O–H groups in total. The van der Waals surface area contributed by atoms with Gasteiger partial charge in [0.15, 0.2) is 5.78 Å². The standard InChI is InChI=1S/C24H32N4O2S/c29-20-7-8-24(22(20)30)9-13-26(14-10-24)11-3-4-12-27-15-17-28(18-16-27)23-19-5-1-2-6-21(19)31-25-23/h1-2,5-6H,3-4,7-18H2. The van der Waals surface area contributed by atoms with Crippen molar-refractivity contribution in [2.24, 2.45) is 5.41 Å². The Bertz CT molecular complexity index is 942. The number of benzene rings is 1. The first kappa shape index (κ1) is 21.0. The van der Waals surface area contributed by atoms with Crippen LogP contribution in [0.1, 0.15) is 38.5 Å². The van der Waals surface area contributed by atoms with Crippen molar-refractivity contribution >= 4 is 39.0 Å². The van der Waals surface area contributed by atoms with Gasteiger partial charge in [0.25, 0.3) is 0 Å². The first-order valence-electron chi connectivity index (χ1n) is 11.8. The number of likely N-dealkylation sites (tertiary alicyclic amines) is 1. The molecule has 3 aliphatic rings. The van der Waals surface area contributed by atoms with Gasteiger partial charge in [-0.15, -0.1) is 0 Å². The molecular weight excluding hydrogens is 408 g/mol. The van der Waals surface area contributed by atoms with Gasteiger partial charge in [0.1, 0.15) is 5.82 Å². The van der Waals surface area contributed by atoms with E-state index in [0.717, 1.165) is 77.4 Å². The van der Waals surface area contributed by atoms with E-state index in [1.165, 1.54) is 22.9 Å². The number of piperidine rings is 1. The number of aromatic nitrogens is 1. The summed E-state index contributed by atoms with van der Waals surface area (Å²) in [6.45, 7) is 8.53. The highest BCUT2D eigenvalue weighted by molar-refractivity contribution is 7.13. The number of nitrogens with zero attached hydrogens (tertiary/aromatic N) is 4. The predicted octanol–water partition coefficient (Wildman–Crippen LogP) is 3.21. The Balaban J connectivity index is 1.01. The summed E-state index contributed by atoms with van der Waals surface area (Å²) >= 11 is 1.60. The molecule has 3 heterocycles. The first-order chi connectivity index (χ1) is 15.1. The fraction of sp³-hybridized carbons (Fsp3) is 0.625. The molecule has 0 atom stereocenters. The van der Waals surface area contributed by atoms with E-state index in [-0.39, 0.29) is 17.0 Å². The lowest BCUT2D eigenvalue weighted by Crippen LogP contribution is -2.47. The SMILES string of the molecule is O=C1CCC2(CCN(CCCCN3CCN(c4nsc5ccccc45)CC3)CC2)C1=O. The molecule has 7 heteroatoms. The maximum absolute atomic E-state index is 12.2. The highest BCUT2D eigenvalue weighted by Gasteiger charge is 2.48. The second-order valence-electron chi connectivity index (χ2n) is 9.41. The third kappa shape index (κ3) is 4.28. The van der Waals surface area contributed by atoms with Crippen molar-refractivity contribution in [1.82, 2.24) is 14.2 Å². The minimum absolute atomic E-state index is 0.0723. The number of hydrogen-bond donors (Lipinski definition) is 0. The summed E-state index contributed by atoms with van der Waals surface area (Å²) in [4.78, 5) is 31.4. The van der Waals surface area contributed by atoms with Crippen LogP contribution in [0.5, 0.6) is 0 Å². The van der Waals surface area contributed by atoms with E-state index in [9.17, 15) is 9.59 Å². The molecular formula is C24H32N4O2S. The summed E-state index contributed by atoms with van der Waals surface area (Å²) in [7, 11) is 0. The molecule has 1 aliphatic carbocycles. The van der Waals surface area contributed by atoms with E-state index in [2.05, 4.69) is 39.0 Å². The molecule has 31 heavy (non-hydrogen) atoms. The van der Waals surface area contributed by atoms with Gasteiger partial charge in [-0.1, -0.05) is 12.1 Å². The number of anilines is 1. The number of Topliss-reactive ketones (excluding diaryl/α,β-unsaturated/α-hetero) is 2. The van der Waals surface area contributed by atoms with E-state index in [0.29, 0.717) is 6.42 Å². The number of hydrogen-bond acceptors (Lipinski definition) is 7. The van der Waals surface area contributed by atoms with Crippen LogP contribution in [0.2, 0.25) is 0 Å². The number of piperazine rings is 1. The largest absolute Gasteiger partial charge is 0.353 e. The zero-order chi connectivity index (χ0) is 21.3. The third-order valence-corrected chi connectivity index (χ3v) is 8.42. The van der Waals surface area contributed by atoms with Crippen molar-refractivity contribution in [1.29, 1.82) is 0 Å². The summed E-state index contributed by atoms with van der Waals surface area (Å²) in [5.41, 5.74) is -0.296. The van der Waals surface area contributed by atoms with Gasteiger partial charge in [-0.25, -0.2) is 0 Å². The Morgan fingerprint density at radius 2 is 1.55 bits per heavy atom. The molecule has 1 saturated carbocycles. The van der Waals surface area contributed by atoms with Crippen molar-refractivity contribution < 1.29 is 9.59 Å². The number of carbonyl (C=O) groups is 2. The van der Waals surface area contributed by atoms with Gasteiger partial charge in [-0.3, -0.25) is 14.5 Å². The quantitative estimate of drug-likeness (QED) is 0.508. The molecule has 3 fully saturated rings. The molecule has 5 rings (SSSR count). The molecule has 0 bridgehead atoms. The van der Waals surface area contributed by atoms with E-state index in [4.69, 9.17) is 4.37 Å². The Hall–Kier alpha value is -1.83. The number of rotatable bonds is 6. The van der Waals surface area contributed by atoms with E-state index in [1.807, 2.05) is 0 Å². The molecule has 0 amide bonds. The maximum atomic E-state index is 12.2. The Morgan fingerprint density at radius 1 is 0.871 bits per heavy atom. The van der Waals surface area contributed by atoms with Crippen molar-refractivity contribution in [2.75, 3.05) is 57.3 Å². The second-order valence-corrected chi connectivity index (χ2v) is 10.2. The van der Waals surface area contributed by atoms with Crippen molar-refractivity contribution in [2.45, 2.75) is 38.5 Å². The van der Waals surface area contributed by atoms with E-state index in [1.54, 1.807) is 11.5 Å². The molecule has 2 saturated heterocycles. The Labute approximate surface area is 188 Å². The Kier molecular flexibility index (Phi) is 6.08. The van der Waals surface area contributed by atoms with Crippen LogP contribution >= 0.6 is 11.5 Å². The lowest BCUT2D eigenvalue weighted by Gasteiger charge is -2.38. The fourth-order valence-corrected chi connectivity index (χ4v) is 6.31. The maximum Gasteiger partial charge on any atom is 0.204 e. The highest BCUT2D eigenvalue weighted by Crippen LogP contribution is 2.42. The summed E-state index contributed by atoms with van der Waals surface area (Å²) in [6, 6.07) is 8.52. The van der Waals surface area contributed by atoms with Gasteiger partial charge in [0, 0.05) is 43.4 Å². The van der Waals surface area contributed by atoms with Gasteiger partial charge in [-0.05, 0) is 81.9 Å². The van der Waals surface area contributed by atoms with Gasteiger partial charge in [-0.2, -0.15) is 4.37 Å². The van der Waals surface area contributed by atoms with Crippen LogP contribution in [0.15, 0.2) is 24.3 Å². The highest BCUT2D eigenvalue weighted by atomic mass is 32.1. The molecule has 1 spiro atoms. The minimum Gasteiger partial charge on any atom is -0.353 e. The van der Waals surface area contributed by atoms with Crippen molar-refractivity contribution in [3.05, 3.63) is 24.3 Å². The van der Waals surface area contributed by atoms with Crippen LogP contribution in [-0.4, -0.2) is 78.1 Å². The van der Waals surface area contributed by atoms with Crippen LogP contribution in [0, 0.1) is 5.41 Å². The van der Waals surface area contributed by atoms with Crippen molar-refractivity contribution in [3.63, 3.8) is 0 Å². The molecule has 1 aromatic heterocycles. The van der Waals surface area contributed by atoms with Crippen LogP contribution in [-0.2, 0) is 9.59 Å². The average Bonchev–Trinajstić information content (AvgIpc) is 3.36. The van der Waals surface area contributed by atoms with Crippen LogP contribution in [0.25, 0.3) is 10.1 Å². The van der Waals surface area contributed by atoms with Gasteiger partial charge >= 0.3 is 0 Å². The van der Waals surface area contributed by atoms with E-state index >= 15 is 0 Å². The third-order valence-electron chi connectivity index (χ3n) is 7.61. The summed E-state index contributed by atoms with van der Waals surface area (Å²) in [6.07, 6.45) is 5.46. The Morgan fingerprint density at radius 3 is 2.23 bits per heavy atom. The lowest BCUT2D eigenvalue weighted by molar-refractivity contribution is -0.139. The smallest absolute Gasteiger partial charge is 0.204 e. The summed E-state index contributed by atoms with van der Waals surface area (Å²) < 4.78 is 5.98. The lowest BCUT2D eigenvalue weighted by atomic mass is 9.76. The van der Waals surface area contributed by atoms with Crippen LogP contribution in [0.3, 0.4) is 0 Å². The fourth-order valence-electron chi connectivity index (χ4n) is 5.51. The van der Waals surface area contributed by atoms with Gasteiger partial charge < -0.3 is 9.80 Å². The predicted molar refractivity (Wildman–Crippen MR) is 125 cm³/mol. The van der Waals surface area contributed by atoms with Crippen molar-refractivity contribution in [3.8, 4) is 0 Å². The number of fused-ring (bicyclic) bond motifs is 1. The molecule has 1 aromatic carbocycles. The molecule has 6 nitrogen and oxygen atoms in total. The second kappa shape index (κ2) is 8.96. The zero-order valence-electron chi connectivity index (χ0n) is 18.2. The van der Waals surface area contributed by atoms with Crippen LogP contribution in [0.4, 0.5) is 5.82 Å². The molecule has 2 aromatic rings. The van der Waals surface area contributed by atoms with Crippen LogP contribution < -0.4 is 4.90 Å². The molecule has 2 aliphatic heterocycles. The molecule has 0 unspecified atom stereocenters. The van der Waals surface area contributed by atoms with E-state index < -0.39 is 0 Å². The summed E-state index contributed by atoms with van der Waals surface area (Å²) in [5.74, 6) is 0.957.